The topological polar surface area (TPSA) is 39.1 Å². The molecule has 7 heteroatoms. The summed E-state index contributed by atoms with van der Waals surface area (Å²) >= 11 is 0. The first-order chi connectivity index (χ1) is 11.3. The van der Waals surface area contributed by atoms with E-state index in [9.17, 15) is 13.2 Å². The Hall–Kier alpha value is -2.02. The molecule has 1 N–H and O–H groups in total. The Morgan fingerprint density at radius 3 is 2.62 bits per heavy atom. The van der Waals surface area contributed by atoms with E-state index in [0.717, 1.165) is 10.2 Å². The van der Waals surface area contributed by atoms with Gasteiger partial charge in [0.15, 0.2) is 0 Å². The highest BCUT2D eigenvalue weighted by atomic mass is 19.4. The Kier molecular flexibility index (Phi) is 6.25. The van der Waals surface area contributed by atoms with Gasteiger partial charge < -0.3 is 10.1 Å². The van der Waals surface area contributed by atoms with E-state index >= 15 is 0 Å². The lowest BCUT2D eigenvalue weighted by molar-refractivity contribution is -0.142. The third kappa shape index (κ3) is 6.23. The molecule has 0 spiro atoms. The number of ether oxygens (including phenoxy) is 1. The number of benzene rings is 1. The molecule has 0 fully saturated rings. The summed E-state index contributed by atoms with van der Waals surface area (Å²) in [5.41, 5.74) is 1.59. The quantitative estimate of drug-likeness (QED) is 0.788. The number of hydrogen-bond donors (Lipinski definition) is 1. The number of nitrogens with zero attached hydrogens (tertiary/aromatic N) is 2. The van der Waals surface area contributed by atoms with E-state index in [4.69, 9.17) is 4.74 Å². The van der Waals surface area contributed by atoms with Crippen molar-refractivity contribution in [2.45, 2.75) is 33.2 Å². The van der Waals surface area contributed by atoms with Gasteiger partial charge in [-0.15, -0.1) is 0 Å². The van der Waals surface area contributed by atoms with Crippen molar-refractivity contribution >= 4 is 5.82 Å². The predicted molar refractivity (Wildman–Crippen MR) is 86.8 cm³/mol. The van der Waals surface area contributed by atoms with Gasteiger partial charge in [0, 0.05) is 18.3 Å². The van der Waals surface area contributed by atoms with Gasteiger partial charge in [0.05, 0.1) is 13.2 Å². The average molecular weight is 341 g/mol. The van der Waals surface area contributed by atoms with Crippen molar-refractivity contribution in [1.82, 2.24) is 9.78 Å². The summed E-state index contributed by atoms with van der Waals surface area (Å²) < 4.78 is 43.9. The molecule has 0 saturated carbocycles. The van der Waals surface area contributed by atoms with Crippen molar-refractivity contribution < 1.29 is 17.9 Å². The van der Waals surface area contributed by atoms with E-state index in [2.05, 4.69) is 10.4 Å². The minimum atomic E-state index is -4.27. The summed E-state index contributed by atoms with van der Waals surface area (Å²) in [6, 6.07) is 11.5. The summed E-state index contributed by atoms with van der Waals surface area (Å²) in [4.78, 5) is 0. The second-order valence-electron chi connectivity index (χ2n) is 5.93. The van der Waals surface area contributed by atoms with Crippen LogP contribution in [0.4, 0.5) is 19.0 Å². The second kappa shape index (κ2) is 8.19. The van der Waals surface area contributed by atoms with Crippen LogP contribution in [0.1, 0.15) is 18.2 Å². The van der Waals surface area contributed by atoms with E-state index in [1.165, 1.54) is 0 Å². The first-order valence-corrected chi connectivity index (χ1v) is 7.80. The molecule has 4 nitrogen and oxygen atoms in total. The Bertz CT molecular complexity index is 626. The molecule has 132 valence electrons. The van der Waals surface area contributed by atoms with Crippen LogP contribution in [0.15, 0.2) is 36.4 Å². The Morgan fingerprint density at radius 2 is 1.96 bits per heavy atom. The monoisotopic (exact) mass is 341 g/mol. The van der Waals surface area contributed by atoms with Gasteiger partial charge >= 0.3 is 6.18 Å². The zero-order valence-electron chi connectivity index (χ0n) is 13.8. The van der Waals surface area contributed by atoms with Gasteiger partial charge in [-0.05, 0) is 18.4 Å². The van der Waals surface area contributed by atoms with Crippen LogP contribution >= 0.6 is 0 Å². The number of aryl methyl sites for hydroxylation is 1. The van der Waals surface area contributed by atoms with Gasteiger partial charge in [-0.25, -0.2) is 0 Å². The van der Waals surface area contributed by atoms with Crippen LogP contribution in [0.2, 0.25) is 0 Å². The standard InChI is InChI=1S/C17H22F3N3O/c1-13(10-24-11-15-6-4-3-5-7-15)9-21-16-8-14(2)23(22-16)12-17(18,19)20/h3-8,13H,9-12H2,1-2H3,(H,21,22). The molecule has 2 aromatic rings. The Morgan fingerprint density at radius 1 is 1.25 bits per heavy atom. The highest BCUT2D eigenvalue weighted by Crippen LogP contribution is 2.19. The van der Waals surface area contributed by atoms with Crippen molar-refractivity contribution in [1.29, 1.82) is 0 Å². The number of hydrogen-bond acceptors (Lipinski definition) is 3. The molecule has 0 aliphatic rings. The number of anilines is 1. The van der Waals surface area contributed by atoms with Crippen LogP contribution in [0, 0.1) is 12.8 Å². The number of nitrogens with one attached hydrogen (secondary N) is 1. The first-order valence-electron chi connectivity index (χ1n) is 7.80. The molecule has 1 unspecified atom stereocenters. The fourth-order valence-electron chi connectivity index (χ4n) is 2.22. The maximum atomic E-state index is 12.4. The second-order valence-corrected chi connectivity index (χ2v) is 5.93. The summed E-state index contributed by atoms with van der Waals surface area (Å²) in [5.74, 6) is 0.661. The summed E-state index contributed by atoms with van der Waals surface area (Å²) in [6.45, 7) is 4.23. The van der Waals surface area contributed by atoms with Crippen molar-refractivity contribution in [3.05, 3.63) is 47.7 Å². The van der Waals surface area contributed by atoms with Gasteiger partial charge in [0.25, 0.3) is 0 Å². The summed E-state index contributed by atoms with van der Waals surface area (Å²) in [6.07, 6.45) is -4.27. The number of halogens is 3. The average Bonchev–Trinajstić information content (AvgIpc) is 2.84. The first kappa shape index (κ1) is 18.3. The summed E-state index contributed by atoms with van der Waals surface area (Å²) in [7, 11) is 0. The van der Waals surface area contributed by atoms with Gasteiger partial charge in [-0.3, -0.25) is 4.68 Å². The fourth-order valence-corrected chi connectivity index (χ4v) is 2.22. The molecule has 0 amide bonds. The molecule has 0 radical (unpaired) electrons. The number of aromatic nitrogens is 2. The lowest BCUT2D eigenvalue weighted by Gasteiger charge is -2.13. The molecule has 1 atom stereocenters. The maximum absolute atomic E-state index is 12.4. The molecule has 24 heavy (non-hydrogen) atoms. The number of rotatable bonds is 8. The van der Waals surface area contributed by atoms with Crippen LogP contribution in [0.3, 0.4) is 0 Å². The van der Waals surface area contributed by atoms with Crippen molar-refractivity contribution in [3.63, 3.8) is 0 Å². The molecule has 1 aromatic heterocycles. The number of alkyl halides is 3. The van der Waals surface area contributed by atoms with Crippen molar-refractivity contribution in [2.24, 2.45) is 5.92 Å². The largest absolute Gasteiger partial charge is 0.408 e. The van der Waals surface area contributed by atoms with E-state index in [0.29, 0.717) is 31.3 Å². The highest BCUT2D eigenvalue weighted by molar-refractivity contribution is 5.35. The lowest BCUT2D eigenvalue weighted by Crippen LogP contribution is -2.20. The molecule has 0 bridgehead atoms. The van der Waals surface area contributed by atoms with Gasteiger partial charge in [0.1, 0.15) is 12.4 Å². The third-order valence-corrected chi connectivity index (χ3v) is 3.46. The molecule has 1 heterocycles. The zero-order valence-corrected chi connectivity index (χ0v) is 13.8. The molecular formula is C17H22F3N3O. The molecule has 1 aromatic carbocycles. The molecule has 0 aliphatic carbocycles. The van der Waals surface area contributed by atoms with Crippen LogP contribution in [0.25, 0.3) is 0 Å². The molecular weight excluding hydrogens is 319 g/mol. The minimum Gasteiger partial charge on any atom is -0.376 e. The maximum Gasteiger partial charge on any atom is 0.408 e. The Balaban J connectivity index is 1.73. The van der Waals surface area contributed by atoms with Crippen molar-refractivity contribution in [2.75, 3.05) is 18.5 Å². The van der Waals surface area contributed by atoms with Crippen LogP contribution in [0.5, 0.6) is 0 Å². The predicted octanol–water partition coefficient (Wildman–Crippen LogP) is 4.02. The zero-order chi connectivity index (χ0) is 17.6. The fraction of sp³-hybridized carbons (Fsp3) is 0.471. The van der Waals surface area contributed by atoms with E-state index in [1.54, 1.807) is 13.0 Å². The van der Waals surface area contributed by atoms with E-state index in [-0.39, 0.29) is 5.92 Å². The molecule has 0 aliphatic heterocycles. The molecule has 2 rings (SSSR count). The Labute approximate surface area is 139 Å². The van der Waals surface area contributed by atoms with Gasteiger partial charge in [-0.1, -0.05) is 37.3 Å². The van der Waals surface area contributed by atoms with E-state index < -0.39 is 12.7 Å². The van der Waals surface area contributed by atoms with Crippen molar-refractivity contribution in [3.8, 4) is 0 Å². The van der Waals surface area contributed by atoms with Gasteiger partial charge in [0.2, 0.25) is 0 Å². The van der Waals surface area contributed by atoms with E-state index in [1.807, 2.05) is 37.3 Å². The minimum absolute atomic E-state index is 0.210. The SMILES string of the molecule is Cc1cc(NCC(C)COCc2ccccc2)nn1CC(F)(F)F. The van der Waals surface area contributed by atoms with Crippen LogP contribution in [-0.2, 0) is 17.9 Å². The van der Waals surface area contributed by atoms with Gasteiger partial charge in [-0.2, -0.15) is 18.3 Å². The van der Waals surface area contributed by atoms with Crippen LogP contribution in [-0.4, -0.2) is 29.1 Å². The third-order valence-electron chi connectivity index (χ3n) is 3.46. The van der Waals surface area contributed by atoms with Crippen LogP contribution < -0.4 is 5.32 Å². The normalized spacial score (nSPS) is 13.0. The summed E-state index contributed by atoms with van der Waals surface area (Å²) in [5, 5.41) is 7.00. The molecule has 0 saturated heterocycles. The smallest absolute Gasteiger partial charge is 0.376 e. The highest BCUT2D eigenvalue weighted by Gasteiger charge is 2.29. The lowest BCUT2D eigenvalue weighted by atomic mass is 10.2.